The first-order chi connectivity index (χ1) is 6.85. The maximum absolute atomic E-state index is 11.6. The van der Waals surface area contributed by atoms with Gasteiger partial charge in [-0.25, -0.2) is 0 Å². The fourth-order valence-corrected chi connectivity index (χ4v) is 1.51. The Hall–Kier alpha value is -1.32. The van der Waals surface area contributed by atoms with Crippen LogP contribution >= 0.6 is 0 Å². The molecule has 1 heterocycles. The van der Waals surface area contributed by atoms with Crippen LogP contribution in [0.25, 0.3) is 0 Å². The minimum absolute atomic E-state index is 0.0305. The number of rotatable bonds is 2. The van der Waals surface area contributed by atoms with Gasteiger partial charge in [-0.05, 0) is 27.7 Å². The minimum Gasteiger partial charge on any atom is -0.345 e. The number of carbonyl (C=O) groups is 2. The summed E-state index contributed by atoms with van der Waals surface area (Å²) in [4.78, 5) is 24.9. The average molecular weight is 210 g/mol. The molecule has 0 saturated carbocycles. The molecule has 0 aromatic rings. The van der Waals surface area contributed by atoms with Crippen molar-refractivity contribution >= 4 is 11.8 Å². The van der Waals surface area contributed by atoms with Gasteiger partial charge in [0, 0.05) is 6.54 Å². The second kappa shape index (κ2) is 4.04. The molecule has 1 aliphatic heterocycles. The lowest BCUT2D eigenvalue weighted by atomic mass is 9.98. The smallest absolute Gasteiger partial charge is 0.245 e. The van der Waals surface area contributed by atoms with Crippen molar-refractivity contribution in [2.24, 2.45) is 0 Å². The summed E-state index contributed by atoms with van der Waals surface area (Å²) in [5, 5.41) is 2.59. The molecule has 1 rings (SSSR count). The zero-order valence-corrected chi connectivity index (χ0v) is 9.76. The van der Waals surface area contributed by atoms with E-state index in [4.69, 9.17) is 0 Å². The monoisotopic (exact) mass is 210 g/mol. The average Bonchev–Trinajstić information content (AvgIpc) is 2.11. The van der Waals surface area contributed by atoms with Crippen molar-refractivity contribution < 1.29 is 9.59 Å². The molecule has 2 amide bonds. The summed E-state index contributed by atoms with van der Waals surface area (Å²) in [6, 6.07) is 0. The van der Waals surface area contributed by atoms with Gasteiger partial charge in [-0.2, -0.15) is 0 Å². The first-order valence-corrected chi connectivity index (χ1v) is 5.08. The van der Waals surface area contributed by atoms with Crippen LogP contribution in [0.4, 0.5) is 0 Å². The topological polar surface area (TPSA) is 49.4 Å². The maximum Gasteiger partial charge on any atom is 0.245 e. The highest BCUT2D eigenvalue weighted by Gasteiger charge is 2.40. The second-order valence-corrected chi connectivity index (χ2v) is 4.53. The third-order valence-corrected chi connectivity index (χ3v) is 2.61. The third kappa shape index (κ3) is 2.37. The van der Waals surface area contributed by atoms with Crippen molar-refractivity contribution in [3.05, 3.63) is 11.6 Å². The standard InChI is InChI=1S/C11H18N2O2/c1-8(2)5-6-13-9(14)7-12-10(15)11(13,3)4/h5H,6-7H2,1-4H3,(H,12,15). The summed E-state index contributed by atoms with van der Waals surface area (Å²) < 4.78 is 0. The van der Waals surface area contributed by atoms with Gasteiger partial charge in [0.1, 0.15) is 5.54 Å². The molecule has 4 heteroatoms. The van der Waals surface area contributed by atoms with E-state index < -0.39 is 5.54 Å². The molecule has 0 atom stereocenters. The molecule has 1 saturated heterocycles. The van der Waals surface area contributed by atoms with E-state index in [0.29, 0.717) is 6.54 Å². The molecule has 0 spiro atoms. The SMILES string of the molecule is CC(C)=CCN1C(=O)CNC(=O)C1(C)C. The molecule has 0 radical (unpaired) electrons. The largest absolute Gasteiger partial charge is 0.345 e. The molecule has 0 aliphatic carbocycles. The number of carbonyl (C=O) groups excluding carboxylic acids is 2. The molecule has 84 valence electrons. The van der Waals surface area contributed by atoms with E-state index in [1.165, 1.54) is 0 Å². The summed E-state index contributed by atoms with van der Waals surface area (Å²) in [5.41, 5.74) is 0.394. The van der Waals surface area contributed by atoms with E-state index in [9.17, 15) is 9.59 Å². The van der Waals surface area contributed by atoms with Gasteiger partial charge >= 0.3 is 0 Å². The predicted octanol–water partition coefficient (Wildman–Crippen LogP) is 0.690. The van der Waals surface area contributed by atoms with Gasteiger partial charge in [0.05, 0.1) is 6.54 Å². The highest BCUT2D eigenvalue weighted by Crippen LogP contribution is 2.18. The van der Waals surface area contributed by atoms with Gasteiger partial charge in [0.15, 0.2) is 0 Å². The van der Waals surface area contributed by atoms with Crippen molar-refractivity contribution in [1.82, 2.24) is 10.2 Å². The van der Waals surface area contributed by atoms with E-state index in [-0.39, 0.29) is 18.4 Å². The van der Waals surface area contributed by atoms with Crippen LogP contribution in [0.3, 0.4) is 0 Å². The van der Waals surface area contributed by atoms with Crippen LogP contribution in [0.15, 0.2) is 11.6 Å². The van der Waals surface area contributed by atoms with Crippen LogP contribution in [-0.2, 0) is 9.59 Å². The van der Waals surface area contributed by atoms with Crippen LogP contribution < -0.4 is 5.32 Å². The van der Waals surface area contributed by atoms with Crippen molar-refractivity contribution in [3.8, 4) is 0 Å². The number of hydrogen-bond donors (Lipinski definition) is 1. The van der Waals surface area contributed by atoms with Gasteiger partial charge in [0.2, 0.25) is 11.8 Å². The zero-order chi connectivity index (χ0) is 11.6. The molecule has 4 nitrogen and oxygen atoms in total. The van der Waals surface area contributed by atoms with Crippen molar-refractivity contribution in [3.63, 3.8) is 0 Å². The fraction of sp³-hybridized carbons (Fsp3) is 0.636. The molecule has 0 bridgehead atoms. The van der Waals surface area contributed by atoms with E-state index in [0.717, 1.165) is 5.57 Å². The number of hydrogen-bond acceptors (Lipinski definition) is 2. The maximum atomic E-state index is 11.6. The Balaban J connectivity index is 2.86. The van der Waals surface area contributed by atoms with E-state index in [1.54, 1.807) is 18.7 Å². The fourth-order valence-electron chi connectivity index (χ4n) is 1.51. The molecule has 15 heavy (non-hydrogen) atoms. The van der Waals surface area contributed by atoms with E-state index in [1.807, 2.05) is 19.9 Å². The first-order valence-electron chi connectivity index (χ1n) is 5.08. The van der Waals surface area contributed by atoms with Crippen LogP contribution in [0.2, 0.25) is 0 Å². The van der Waals surface area contributed by atoms with E-state index >= 15 is 0 Å². The van der Waals surface area contributed by atoms with Gasteiger partial charge in [-0.3, -0.25) is 9.59 Å². The van der Waals surface area contributed by atoms with Crippen LogP contribution in [0.1, 0.15) is 27.7 Å². The summed E-state index contributed by atoms with van der Waals surface area (Å²) in [6.07, 6.45) is 1.96. The second-order valence-electron chi connectivity index (χ2n) is 4.53. The van der Waals surface area contributed by atoms with E-state index in [2.05, 4.69) is 5.32 Å². The molecule has 1 fully saturated rings. The van der Waals surface area contributed by atoms with Gasteiger partial charge in [-0.1, -0.05) is 11.6 Å². The molecule has 0 aromatic heterocycles. The molecular formula is C11H18N2O2. The van der Waals surface area contributed by atoms with Gasteiger partial charge < -0.3 is 10.2 Å². The molecular weight excluding hydrogens is 192 g/mol. The van der Waals surface area contributed by atoms with Gasteiger partial charge in [0.25, 0.3) is 0 Å². The first kappa shape index (κ1) is 11.8. The Morgan fingerprint density at radius 3 is 2.60 bits per heavy atom. The highest BCUT2D eigenvalue weighted by molar-refractivity contribution is 5.97. The lowest BCUT2D eigenvalue weighted by molar-refractivity contribution is -0.150. The number of nitrogens with zero attached hydrogens (tertiary/aromatic N) is 1. The van der Waals surface area contributed by atoms with Crippen LogP contribution in [0, 0.1) is 0 Å². The number of allylic oxidation sites excluding steroid dienone is 1. The molecule has 0 aromatic carbocycles. The molecule has 1 N–H and O–H groups in total. The molecule has 1 aliphatic rings. The van der Waals surface area contributed by atoms with Crippen molar-refractivity contribution in [1.29, 1.82) is 0 Å². The van der Waals surface area contributed by atoms with Crippen molar-refractivity contribution in [2.75, 3.05) is 13.1 Å². The quantitative estimate of drug-likeness (QED) is 0.682. The number of piperazine rings is 1. The zero-order valence-electron chi connectivity index (χ0n) is 9.76. The Bertz CT molecular complexity index is 315. The Morgan fingerprint density at radius 2 is 2.07 bits per heavy atom. The minimum atomic E-state index is -0.749. The summed E-state index contributed by atoms with van der Waals surface area (Å²) >= 11 is 0. The van der Waals surface area contributed by atoms with Gasteiger partial charge in [-0.15, -0.1) is 0 Å². The highest BCUT2D eigenvalue weighted by atomic mass is 16.2. The number of nitrogens with one attached hydrogen (secondary N) is 1. The summed E-state index contributed by atoms with van der Waals surface area (Å²) in [6.45, 7) is 8.08. The van der Waals surface area contributed by atoms with Crippen LogP contribution in [0.5, 0.6) is 0 Å². The van der Waals surface area contributed by atoms with Crippen LogP contribution in [-0.4, -0.2) is 35.3 Å². The summed E-state index contributed by atoms with van der Waals surface area (Å²) in [7, 11) is 0. The Kier molecular flexibility index (Phi) is 3.17. The third-order valence-electron chi connectivity index (χ3n) is 2.61. The summed E-state index contributed by atoms with van der Waals surface area (Å²) in [5.74, 6) is -0.124. The Labute approximate surface area is 90.3 Å². The lowest BCUT2D eigenvalue weighted by Crippen LogP contribution is -2.64. The predicted molar refractivity (Wildman–Crippen MR) is 58.2 cm³/mol. The van der Waals surface area contributed by atoms with Crippen molar-refractivity contribution in [2.45, 2.75) is 33.2 Å². The normalized spacial score (nSPS) is 19.9. The number of amides is 2. The molecule has 0 unspecified atom stereocenters. The Morgan fingerprint density at radius 1 is 1.47 bits per heavy atom. The lowest BCUT2D eigenvalue weighted by Gasteiger charge is -2.40.